The summed E-state index contributed by atoms with van der Waals surface area (Å²) in [6.45, 7) is 2.27. The second-order valence-corrected chi connectivity index (χ2v) is 4.23. The van der Waals surface area contributed by atoms with Crippen molar-refractivity contribution in [3.8, 4) is 0 Å². The van der Waals surface area contributed by atoms with Crippen LogP contribution in [-0.2, 0) is 9.59 Å². The molecule has 0 aromatic heterocycles. The summed E-state index contributed by atoms with van der Waals surface area (Å²) in [5.74, 6) is 0.184. The van der Waals surface area contributed by atoms with E-state index in [-0.39, 0.29) is 11.8 Å². The molecule has 0 bridgehead atoms. The summed E-state index contributed by atoms with van der Waals surface area (Å²) in [5, 5.41) is 0. The lowest BCUT2D eigenvalue weighted by Gasteiger charge is -2.23. The molecular weight excluding hydrogens is 190 g/mol. The van der Waals surface area contributed by atoms with Crippen molar-refractivity contribution in [3.63, 3.8) is 0 Å². The van der Waals surface area contributed by atoms with Crippen molar-refractivity contribution in [2.75, 3.05) is 6.54 Å². The highest BCUT2D eigenvalue weighted by Crippen LogP contribution is 2.22. The molecule has 3 nitrogen and oxygen atoms in total. The third-order valence-corrected chi connectivity index (χ3v) is 3.01. The standard InChI is InChI=1S/C12H15NO2/c1-9-7-11(14)13(12(9)15)8-10-5-3-2-4-6-10/h2-3,7,10H,4-6,8H2,1H3. The van der Waals surface area contributed by atoms with Crippen LogP contribution in [-0.4, -0.2) is 23.3 Å². The molecular formula is C12H15NO2. The van der Waals surface area contributed by atoms with Gasteiger partial charge in [-0.1, -0.05) is 12.2 Å². The lowest BCUT2D eigenvalue weighted by atomic mass is 9.94. The molecule has 2 rings (SSSR count). The van der Waals surface area contributed by atoms with Gasteiger partial charge in [0, 0.05) is 18.2 Å². The van der Waals surface area contributed by atoms with Gasteiger partial charge in [0.1, 0.15) is 0 Å². The van der Waals surface area contributed by atoms with Crippen LogP contribution in [0.5, 0.6) is 0 Å². The number of carbonyl (C=O) groups excluding carboxylic acids is 2. The zero-order valence-electron chi connectivity index (χ0n) is 8.90. The van der Waals surface area contributed by atoms with Crippen LogP contribution in [0, 0.1) is 5.92 Å². The molecule has 3 heteroatoms. The van der Waals surface area contributed by atoms with Crippen LogP contribution in [0.2, 0.25) is 0 Å². The first-order chi connectivity index (χ1) is 7.18. The highest BCUT2D eigenvalue weighted by Gasteiger charge is 2.30. The van der Waals surface area contributed by atoms with E-state index in [1.54, 1.807) is 6.92 Å². The van der Waals surface area contributed by atoms with E-state index in [0.29, 0.717) is 18.0 Å². The van der Waals surface area contributed by atoms with Crippen molar-refractivity contribution in [1.82, 2.24) is 4.90 Å². The summed E-state index contributed by atoms with van der Waals surface area (Å²) < 4.78 is 0. The molecule has 0 fully saturated rings. The second-order valence-electron chi connectivity index (χ2n) is 4.23. The number of carbonyl (C=O) groups is 2. The molecule has 1 unspecified atom stereocenters. The van der Waals surface area contributed by atoms with Crippen LogP contribution in [0.1, 0.15) is 26.2 Å². The molecule has 0 saturated carbocycles. The van der Waals surface area contributed by atoms with Crippen LogP contribution in [0.3, 0.4) is 0 Å². The van der Waals surface area contributed by atoms with Crippen molar-refractivity contribution in [2.45, 2.75) is 26.2 Å². The van der Waals surface area contributed by atoms with Crippen molar-refractivity contribution < 1.29 is 9.59 Å². The first-order valence-corrected chi connectivity index (χ1v) is 5.37. The summed E-state index contributed by atoms with van der Waals surface area (Å²) in [6, 6.07) is 0. The van der Waals surface area contributed by atoms with E-state index < -0.39 is 0 Å². The zero-order valence-corrected chi connectivity index (χ0v) is 8.90. The van der Waals surface area contributed by atoms with Gasteiger partial charge in [0.15, 0.2) is 0 Å². The smallest absolute Gasteiger partial charge is 0.256 e. The average molecular weight is 205 g/mol. The Kier molecular flexibility index (Phi) is 2.71. The quantitative estimate of drug-likeness (QED) is 0.508. The maximum Gasteiger partial charge on any atom is 0.256 e. The predicted molar refractivity (Wildman–Crippen MR) is 57.0 cm³/mol. The molecule has 0 spiro atoms. The Hall–Kier alpha value is -1.38. The van der Waals surface area contributed by atoms with Gasteiger partial charge in [-0.2, -0.15) is 0 Å². The minimum atomic E-state index is -0.146. The van der Waals surface area contributed by atoms with Gasteiger partial charge in [-0.25, -0.2) is 0 Å². The van der Waals surface area contributed by atoms with Gasteiger partial charge in [-0.15, -0.1) is 0 Å². The summed E-state index contributed by atoms with van der Waals surface area (Å²) in [7, 11) is 0. The molecule has 0 saturated heterocycles. The van der Waals surface area contributed by atoms with Crippen LogP contribution in [0.15, 0.2) is 23.8 Å². The Morgan fingerprint density at radius 3 is 2.73 bits per heavy atom. The molecule has 1 atom stereocenters. The van der Waals surface area contributed by atoms with Gasteiger partial charge in [-0.05, 0) is 32.1 Å². The number of allylic oxidation sites excluding steroid dienone is 2. The first kappa shape index (κ1) is 10.1. The molecule has 1 aliphatic heterocycles. The molecule has 0 aromatic rings. The van der Waals surface area contributed by atoms with Crippen molar-refractivity contribution in [2.24, 2.45) is 5.92 Å². The lowest BCUT2D eigenvalue weighted by molar-refractivity contribution is -0.137. The minimum absolute atomic E-state index is 0.116. The topological polar surface area (TPSA) is 37.4 Å². The van der Waals surface area contributed by atoms with Crippen molar-refractivity contribution >= 4 is 11.8 Å². The summed E-state index contributed by atoms with van der Waals surface area (Å²) in [6.07, 6.45) is 8.85. The van der Waals surface area contributed by atoms with Crippen molar-refractivity contribution in [3.05, 3.63) is 23.8 Å². The number of imide groups is 1. The summed E-state index contributed by atoms with van der Waals surface area (Å²) in [4.78, 5) is 24.5. The third kappa shape index (κ3) is 2.01. The Morgan fingerprint density at radius 1 is 1.40 bits per heavy atom. The Bertz CT molecular complexity index is 355. The highest BCUT2D eigenvalue weighted by molar-refractivity contribution is 6.15. The van der Waals surface area contributed by atoms with E-state index in [0.717, 1.165) is 19.3 Å². The van der Waals surface area contributed by atoms with E-state index in [1.165, 1.54) is 11.0 Å². The summed E-state index contributed by atoms with van der Waals surface area (Å²) in [5.41, 5.74) is 0.561. The van der Waals surface area contributed by atoms with E-state index in [4.69, 9.17) is 0 Å². The maximum atomic E-state index is 11.6. The van der Waals surface area contributed by atoms with Gasteiger partial charge in [0.2, 0.25) is 0 Å². The molecule has 2 aliphatic rings. The number of rotatable bonds is 2. The van der Waals surface area contributed by atoms with Gasteiger partial charge < -0.3 is 0 Å². The SMILES string of the molecule is CC1=CC(=O)N(CC2CC=CCC2)C1=O. The number of nitrogens with zero attached hydrogens (tertiary/aromatic N) is 1. The van der Waals surface area contributed by atoms with Gasteiger partial charge in [0.05, 0.1) is 0 Å². The third-order valence-electron chi connectivity index (χ3n) is 3.01. The van der Waals surface area contributed by atoms with Crippen LogP contribution in [0.4, 0.5) is 0 Å². The van der Waals surface area contributed by atoms with E-state index in [9.17, 15) is 9.59 Å². The molecule has 0 radical (unpaired) electrons. The fourth-order valence-electron chi connectivity index (χ4n) is 2.09. The van der Waals surface area contributed by atoms with Gasteiger partial charge in [-0.3, -0.25) is 14.5 Å². The predicted octanol–water partition coefficient (Wildman–Crippen LogP) is 1.66. The number of amides is 2. The zero-order chi connectivity index (χ0) is 10.8. The molecule has 0 N–H and O–H groups in total. The molecule has 0 aromatic carbocycles. The van der Waals surface area contributed by atoms with Crippen LogP contribution >= 0.6 is 0 Å². The fourth-order valence-corrected chi connectivity index (χ4v) is 2.09. The molecule has 1 aliphatic carbocycles. The average Bonchev–Trinajstić information content (AvgIpc) is 2.47. The summed E-state index contributed by atoms with van der Waals surface area (Å²) >= 11 is 0. The fraction of sp³-hybridized carbons (Fsp3) is 0.500. The van der Waals surface area contributed by atoms with Crippen molar-refractivity contribution in [1.29, 1.82) is 0 Å². The largest absolute Gasteiger partial charge is 0.275 e. The van der Waals surface area contributed by atoms with E-state index >= 15 is 0 Å². The Labute approximate surface area is 89.4 Å². The highest BCUT2D eigenvalue weighted by atomic mass is 16.2. The number of hydrogen-bond acceptors (Lipinski definition) is 2. The number of hydrogen-bond donors (Lipinski definition) is 0. The molecule has 1 heterocycles. The van der Waals surface area contributed by atoms with Gasteiger partial charge >= 0.3 is 0 Å². The first-order valence-electron chi connectivity index (χ1n) is 5.37. The Morgan fingerprint density at radius 2 is 2.20 bits per heavy atom. The maximum absolute atomic E-state index is 11.6. The monoisotopic (exact) mass is 205 g/mol. The lowest BCUT2D eigenvalue weighted by Crippen LogP contribution is -2.35. The molecule has 15 heavy (non-hydrogen) atoms. The normalized spacial score (nSPS) is 26.1. The molecule has 2 amide bonds. The van der Waals surface area contributed by atoms with E-state index in [2.05, 4.69) is 12.2 Å². The van der Waals surface area contributed by atoms with Gasteiger partial charge in [0.25, 0.3) is 11.8 Å². The van der Waals surface area contributed by atoms with Crippen LogP contribution < -0.4 is 0 Å². The second kappa shape index (κ2) is 4.01. The van der Waals surface area contributed by atoms with Crippen LogP contribution in [0.25, 0.3) is 0 Å². The minimum Gasteiger partial charge on any atom is -0.275 e. The molecule has 80 valence electrons. The Balaban J connectivity index is 1.98. The van der Waals surface area contributed by atoms with E-state index in [1.807, 2.05) is 0 Å².